The van der Waals surface area contributed by atoms with E-state index in [1.165, 1.54) is 0 Å². The second-order valence-corrected chi connectivity index (χ2v) is 8.80. The van der Waals surface area contributed by atoms with Crippen LogP contribution in [0.4, 0.5) is 0 Å². The van der Waals surface area contributed by atoms with E-state index >= 15 is 0 Å². The van der Waals surface area contributed by atoms with Gasteiger partial charge in [0, 0.05) is 13.1 Å². The van der Waals surface area contributed by atoms with Crippen molar-refractivity contribution in [2.24, 2.45) is 5.73 Å². The van der Waals surface area contributed by atoms with E-state index in [0.717, 1.165) is 38.5 Å². The van der Waals surface area contributed by atoms with Crippen LogP contribution in [-0.2, 0) is 15.6 Å². The molecule has 1 aliphatic heterocycles. The molecule has 2 N–H and O–H groups in total. The lowest BCUT2D eigenvalue weighted by molar-refractivity contribution is 0.229. The first-order chi connectivity index (χ1) is 12.0. The van der Waals surface area contributed by atoms with Crippen molar-refractivity contribution in [1.29, 1.82) is 0 Å². The van der Waals surface area contributed by atoms with Crippen LogP contribution in [0.25, 0.3) is 11.5 Å². The minimum absolute atomic E-state index is 0. The van der Waals surface area contributed by atoms with Gasteiger partial charge in [0.1, 0.15) is 0 Å². The van der Waals surface area contributed by atoms with E-state index in [4.69, 9.17) is 10.3 Å². The Bertz CT molecular complexity index is 874. The van der Waals surface area contributed by atoms with Crippen LogP contribution < -0.4 is 5.73 Å². The van der Waals surface area contributed by atoms with Crippen LogP contribution in [-0.4, -0.2) is 36.0 Å². The molecule has 2 aromatic rings. The summed E-state index contributed by atoms with van der Waals surface area (Å²) in [5, 5.41) is 4.00. The van der Waals surface area contributed by atoms with Gasteiger partial charge in [-0.2, -0.15) is 9.29 Å². The Balaban J connectivity index is 0.00000196. The highest BCUT2D eigenvalue weighted by Crippen LogP contribution is 2.38. The Kier molecular flexibility index (Phi) is 5.39. The highest BCUT2D eigenvalue weighted by Gasteiger charge is 2.39. The van der Waals surface area contributed by atoms with Gasteiger partial charge in [0.05, 0.1) is 16.0 Å². The Morgan fingerprint density at radius 2 is 1.77 bits per heavy atom. The number of halogens is 1. The molecule has 0 amide bonds. The standard InChI is InChI=1S/C17H22N4O3S.ClH/c18-17(9-6-10-17)16-19-15(24-20-16)13-7-2-3-8-14(13)25(22,23)21-11-4-1-5-12-21;/h2-3,7-8H,1,4-6,9-12,18H2;1H. The first-order valence-corrected chi connectivity index (χ1v) is 10.2. The molecule has 26 heavy (non-hydrogen) atoms. The zero-order valence-electron chi connectivity index (χ0n) is 14.4. The molecule has 1 aliphatic carbocycles. The SMILES string of the molecule is Cl.NC1(c2noc(-c3ccccc3S(=O)(=O)N3CCCCC3)n2)CCC1. The van der Waals surface area contributed by atoms with Gasteiger partial charge in [0.2, 0.25) is 10.0 Å². The fourth-order valence-electron chi connectivity index (χ4n) is 3.43. The summed E-state index contributed by atoms with van der Waals surface area (Å²) in [7, 11) is -3.58. The molecular weight excluding hydrogens is 376 g/mol. The topological polar surface area (TPSA) is 102 Å². The summed E-state index contributed by atoms with van der Waals surface area (Å²) in [4.78, 5) is 4.62. The number of hydrogen-bond acceptors (Lipinski definition) is 6. The number of aromatic nitrogens is 2. The highest BCUT2D eigenvalue weighted by atomic mass is 35.5. The van der Waals surface area contributed by atoms with Gasteiger partial charge >= 0.3 is 0 Å². The van der Waals surface area contributed by atoms with Gasteiger partial charge in [0.25, 0.3) is 5.89 Å². The highest BCUT2D eigenvalue weighted by molar-refractivity contribution is 7.89. The van der Waals surface area contributed by atoms with Crippen LogP contribution in [0.1, 0.15) is 44.3 Å². The number of sulfonamides is 1. The summed E-state index contributed by atoms with van der Waals surface area (Å²) in [5.74, 6) is 0.668. The van der Waals surface area contributed by atoms with Crippen LogP contribution in [0, 0.1) is 0 Å². The lowest BCUT2D eigenvalue weighted by Crippen LogP contribution is -2.44. The lowest BCUT2D eigenvalue weighted by atomic mass is 9.77. The molecular formula is C17H23ClN4O3S. The van der Waals surface area contributed by atoms with Crippen LogP contribution in [0.5, 0.6) is 0 Å². The summed E-state index contributed by atoms with van der Waals surface area (Å²) >= 11 is 0. The Hall–Kier alpha value is -1.48. The van der Waals surface area contributed by atoms with Gasteiger partial charge in [-0.15, -0.1) is 12.4 Å². The third kappa shape index (κ3) is 3.26. The molecule has 1 aromatic heterocycles. The van der Waals surface area contributed by atoms with Gasteiger partial charge < -0.3 is 10.3 Å². The number of hydrogen-bond donors (Lipinski definition) is 1. The number of benzene rings is 1. The summed E-state index contributed by atoms with van der Waals surface area (Å²) in [6, 6.07) is 6.80. The van der Waals surface area contributed by atoms with Crippen molar-refractivity contribution in [1.82, 2.24) is 14.4 Å². The van der Waals surface area contributed by atoms with E-state index in [1.807, 2.05) is 0 Å². The van der Waals surface area contributed by atoms with E-state index in [-0.39, 0.29) is 23.2 Å². The van der Waals surface area contributed by atoms with E-state index in [1.54, 1.807) is 28.6 Å². The largest absolute Gasteiger partial charge is 0.334 e. The molecule has 0 spiro atoms. The second kappa shape index (κ2) is 7.26. The first kappa shape index (κ1) is 19.3. The average Bonchev–Trinajstić information content (AvgIpc) is 3.11. The summed E-state index contributed by atoms with van der Waals surface area (Å²) in [6.45, 7) is 1.11. The van der Waals surface area contributed by atoms with E-state index < -0.39 is 15.6 Å². The minimum atomic E-state index is -3.58. The third-order valence-corrected chi connectivity index (χ3v) is 7.12. The van der Waals surface area contributed by atoms with Crippen molar-refractivity contribution in [3.05, 3.63) is 30.1 Å². The summed E-state index contributed by atoms with van der Waals surface area (Å²) in [6.07, 6.45) is 5.53. The van der Waals surface area contributed by atoms with Gasteiger partial charge in [-0.25, -0.2) is 8.42 Å². The van der Waals surface area contributed by atoms with E-state index in [2.05, 4.69) is 10.1 Å². The molecule has 1 saturated heterocycles. The molecule has 2 fully saturated rings. The molecule has 0 unspecified atom stereocenters. The Morgan fingerprint density at radius 3 is 2.42 bits per heavy atom. The molecule has 7 nitrogen and oxygen atoms in total. The molecule has 2 heterocycles. The number of rotatable bonds is 4. The number of nitrogens with zero attached hydrogens (tertiary/aromatic N) is 3. The fraction of sp³-hybridized carbons (Fsp3) is 0.529. The quantitative estimate of drug-likeness (QED) is 0.849. The van der Waals surface area contributed by atoms with Crippen molar-refractivity contribution in [3.8, 4) is 11.5 Å². The smallest absolute Gasteiger partial charge is 0.259 e. The van der Waals surface area contributed by atoms with Crippen LogP contribution in [0.3, 0.4) is 0 Å². The average molecular weight is 399 g/mol. The maximum atomic E-state index is 13.1. The van der Waals surface area contributed by atoms with Gasteiger partial charge in [-0.05, 0) is 44.2 Å². The molecule has 0 atom stereocenters. The molecule has 4 rings (SSSR count). The van der Waals surface area contributed by atoms with Crippen molar-refractivity contribution in [2.75, 3.05) is 13.1 Å². The van der Waals surface area contributed by atoms with Gasteiger partial charge in [0.15, 0.2) is 5.82 Å². The maximum Gasteiger partial charge on any atom is 0.259 e. The molecule has 1 saturated carbocycles. The van der Waals surface area contributed by atoms with Crippen LogP contribution in [0.2, 0.25) is 0 Å². The van der Waals surface area contributed by atoms with Crippen molar-refractivity contribution in [3.63, 3.8) is 0 Å². The van der Waals surface area contributed by atoms with E-state index in [9.17, 15) is 8.42 Å². The predicted octanol–water partition coefficient (Wildman–Crippen LogP) is 2.67. The third-order valence-electron chi connectivity index (χ3n) is 5.17. The predicted molar refractivity (Wildman–Crippen MR) is 99.3 cm³/mol. The zero-order valence-corrected chi connectivity index (χ0v) is 16.1. The molecule has 1 aromatic carbocycles. The first-order valence-electron chi connectivity index (χ1n) is 8.73. The molecule has 9 heteroatoms. The van der Waals surface area contributed by atoms with Crippen molar-refractivity contribution >= 4 is 22.4 Å². The molecule has 2 aliphatic rings. The van der Waals surface area contributed by atoms with Crippen molar-refractivity contribution in [2.45, 2.75) is 49.0 Å². The lowest BCUT2D eigenvalue weighted by Gasteiger charge is -2.34. The normalized spacial score (nSPS) is 20.2. The molecule has 142 valence electrons. The van der Waals surface area contributed by atoms with Crippen LogP contribution in [0.15, 0.2) is 33.7 Å². The maximum absolute atomic E-state index is 13.1. The minimum Gasteiger partial charge on any atom is -0.334 e. The monoisotopic (exact) mass is 398 g/mol. The van der Waals surface area contributed by atoms with E-state index in [0.29, 0.717) is 24.5 Å². The van der Waals surface area contributed by atoms with Crippen LogP contribution >= 0.6 is 12.4 Å². The molecule has 0 radical (unpaired) electrons. The number of piperidine rings is 1. The number of nitrogens with two attached hydrogens (primary N) is 1. The fourth-order valence-corrected chi connectivity index (χ4v) is 5.13. The summed E-state index contributed by atoms with van der Waals surface area (Å²) in [5.41, 5.74) is 6.15. The van der Waals surface area contributed by atoms with Gasteiger partial charge in [-0.3, -0.25) is 0 Å². The summed E-state index contributed by atoms with van der Waals surface area (Å²) < 4.78 is 33.0. The Labute approximate surface area is 159 Å². The second-order valence-electron chi connectivity index (χ2n) is 6.89. The van der Waals surface area contributed by atoms with Gasteiger partial charge in [-0.1, -0.05) is 23.7 Å². The zero-order chi connectivity index (χ0) is 17.5. The molecule has 0 bridgehead atoms. The Morgan fingerprint density at radius 1 is 1.08 bits per heavy atom. The van der Waals surface area contributed by atoms with Crippen molar-refractivity contribution < 1.29 is 12.9 Å².